The normalized spacial score (nSPS) is 13.2. The molecule has 0 saturated heterocycles. The van der Waals surface area contributed by atoms with Gasteiger partial charge in [-0.2, -0.15) is 0 Å². The molecule has 0 saturated carbocycles. The van der Waals surface area contributed by atoms with Crippen molar-refractivity contribution in [3.8, 4) is 0 Å². The molecule has 1 atom stereocenters. The summed E-state index contributed by atoms with van der Waals surface area (Å²) in [5, 5.41) is 1.95. The highest BCUT2D eigenvalue weighted by Crippen LogP contribution is 2.27. The number of thiocarbonyl (C=S) groups is 1. The molecule has 2 rings (SSSR count). The third-order valence-corrected chi connectivity index (χ3v) is 7.27. The van der Waals surface area contributed by atoms with Crippen molar-refractivity contribution in [2.24, 2.45) is 5.73 Å². The lowest BCUT2D eigenvalue weighted by Gasteiger charge is -2.16. The van der Waals surface area contributed by atoms with E-state index in [0.29, 0.717) is 4.88 Å². The maximum Gasteiger partial charge on any atom is 0.250 e. The topological polar surface area (TPSA) is 72.2 Å². The van der Waals surface area contributed by atoms with E-state index < -0.39 is 10.0 Å². The van der Waals surface area contributed by atoms with Gasteiger partial charge in [-0.15, -0.1) is 22.7 Å². The molecule has 2 aromatic heterocycles. The molecule has 0 spiro atoms. The van der Waals surface area contributed by atoms with Crippen LogP contribution in [0.4, 0.5) is 0 Å². The van der Waals surface area contributed by atoms with E-state index in [2.05, 4.69) is 4.72 Å². The SMILES string of the molecule is CCCC(NS(=O)(=O)c1ccc(C(N)=S)s1)c1cccs1. The molecule has 21 heavy (non-hydrogen) atoms. The fourth-order valence-electron chi connectivity index (χ4n) is 1.88. The van der Waals surface area contributed by atoms with Gasteiger partial charge in [0.2, 0.25) is 0 Å². The van der Waals surface area contributed by atoms with Crippen molar-refractivity contribution >= 4 is 49.9 Å². The van der Waals surface area contributed by atoms with E-state index >= 15 is 0 Å². The largest absolute Gasteiger partial charge is 0.389 e. The monoisotopic (exact) mass is 360 g/mol. The van der Waals surface area contributed by atoms with Gasteiger partial charge in [0.05, 0.1) is 10.9 Å². The van der Waals surface area contributed by atoms with Crippen LogP contribution in [0.25, 0.3) is 0 Å². The molecule has 1 unspecified atom stereocenters. The molecule has 4 nitrogen and oxygen atoms in total. The number of thiophene rings is 2. The van der Waals surface area contributed by atoms with Crippen molar-refractivity contribution in [1.29, 1.82) is 0 Å². The quantitative estimate of drug-likeness (QED) is 0.744. The van der Waals surface area contributed by atoms with Crippen LogP contribution >= 0.6 is 34.9 Å². The van der Waals surface area contributed by atoms with Crippen molar-refractivity contribution in [1.82, 2.24) is 4.72 Å². The molecular formula is C13H16N2O2S4. The summed E-state index contributed by atoms with van der Waals surface area (Å²) in [4.78, 5) is 1.84. The van der Waals surface area contributed by atoms with E-state index in [9.17, 15) is 8.42 Å². The Balaban J connectivity index is 2.23. The highest BCUT2D eigenvalue weighted by molar-refractivity contribution is 7.91. The van der Waals surface area contributed by atoms with E-state index in [0.717, 1.165) is 29.1 Å². The molecule has 3 N–H and O–H groups in total. The Bertz CT molecular complexity index is 704. The molecule has 2 heterocycles. The second-order valence-electron chi connectivity index (χ2n) is 4.46. The van der Waals surface area contributed by atoms with Gasteiger partial charge < -0.3 is 5.73 Å². The van der Waals surface area contributed by atoms with Crippen LogP contribution < -0.4 is 10.5 Å². The maximum atomic E-state index is 12.5. The molecule has 8 heteroatoms. The average Bonchev–Trinajstić information content (AvgIpc) is 3.10. The minimum Gasteiger partial charge on any atom is -0.389 e. The molecular weight excluding hydrogens is 344 g/mol. The predicted molar refractivity (Wildman–Crippen MR) is 92.5 cm³/mol. The number of nitrogens with two attached hydrogens (primary N) is 1. The molecule has 0 aliphatic rings. The molecule has 2 aromatic rings. The molecule has 0 fully saturated rings. The first-order valence-electron chi connectivity index (χ1n) is 6.39. The summed E-state index contributed by atoms with van der Waals surface area (Å²) >= 11 is 7.51. The highest BCUT2D eigenvalue weighted by Gasteiger charge is 2.23. The first kappa shape index (κ1) is 16.6. The second-order valence-corrected chi connectivity index (χ2v) is 8.90. The average molecular weight is 361 g/mol. The van der Waals surface area contributed by atoms with Crippen LogP contribution in [0.5, 0.6) is 0 Å². The van der Waals surface area contributed by atoms with Crippen molar-refractivity contribution < 1.29 is 8.42 Å². The minimum atomic E-state index is -3.56. The van der Waals surface area contributed by atoms with Gasteiger partial charge in [0.25, 0.3) is 10.0 Å². The Morgan fingerprint density at radius 2 is 2.19 bits per heavy atom. The zero-order valence-corrected chi connectivity index (χ0v) is 14.7. The summed E-state index contributed by atoms with van der Waals surface area (Å²) in [6.07, 6.45) is 1.65. The number of hydrogen-bond donors (Lipinski definition) is 2. The van der Waals surface area contributed by atoms with Crippen LogP contribution in [0.2, 0.25) is 0 Å². The van der Waals surface area contributed by atoms with Crippen LogP contribution in [0.3, 0.4) is 0 Å². The fourth-order valence-corrected chi connectivity index (χ4v) is 5.38. The Morgan fingerprint density at radius 3 is 2.71 bits per heavy atom. The Labute approximate surface area is 138 Å². The van der Waals surface area contributed by atoms with Crippen LogP contribution in [0, 0.1) is 0 Å². The van der Waals surface area contributed by atoms with Gasteiger partial charge in [-0.1, -0.05) is 31.6 Å². The number of nitrogens with one attached hydrogen (secondary N) is 1. The molecule has 0 aromatic carbocycles. The van der Waals surface area contributed by atoms with E-state index in [4.69, 9.17) is 18.0 Å². The maximum absolute atomic E-state index is 12.5. The zero-order chi connectivity index (χ0) is 15.5. The highest BCUT2D eigenvalue weighted by atomic mass is 32.2. The fraction of sp³-hybridized carbons (Fsp3) is 0.308. The Morgan fingerprint density at radius 1 is 1.43 bits per heavy atom. The van der Waals surface area contributed by atoms with E-state index in [-0.39, 0.29) is 15.2 Å². The lowest BCUT2D eigenvalue weighted by Crippen LogP contribution is -2.27. The first-order chi connectivity index (χ1) is 9.94. The molecule has 0 bridgehead atoms. The Hall–Kier alpha value is -0.800. The number of hydrogen-bond acceptors (Lipinski definition) is 5. The molecule has 0 radical (unpaired) electrons. The van der Waals surface area contributed by atoms with E-state index in [1.54, 1.807) is 23.5 Å². The molecule has 0 aliphatic heterocycles. The van der Waals surface area contributed by atoms with Crippen molar-refractivity contribution in [2.45, 2.75) is 30.0 Å². The third-order valence-electron chi connectivity index (χ3n) is 2.85. The summed E-state index contributed by atoms with van der Waals surface area (Å²) in [6, 6.07) is 6.85. The van der Waals surface area contributed by atoms with Gasteiger partial charge >= 0.3 is 0 Å². The van der Waals surface area contributed by atoms with Crippen LogP contribution in [-0.4, -0.2) is 13.4 Å². The lowest BCUT2D eigenvalue weighted by molar-refractivity contribution is 0.542. The summed E-state index contributed by atoms with van der Waals surface area (Å²) in [6.45, 7) is 2.03. The van der Waals surface area contributed by atoms with Gasteiger partial charge in [0.15, 0.2) is 0 Å². The standard InChI is InChI=1S/C13H16N2O2S4/c1-2-4-9(10-5-3-8-19-10)15-21(16,17)12-7-6-11(20-12)13(14)18/h3,5-9,15H,2,4H2,1H3,(H2,14,18). The predicted octanol–water partition coefficient (Wildman–Crippen LogP) is 3.26. The van der Waals surface area contributed by atoms with Crippen LogP contribution in [-0.2, 0) is 10.0 Å². The van der Waals surface area contributed by atoms with E-state index in [1.807, 2.05) is 24.4 Å². The van der Waals surface area contributed by atoms with Crippen LogP contribution in [0.1, 0.15) is 35.6 Å². The van der Waals surface area contributed by atoms with Gasteiger partial charge in [-0.05, 0) is 30.0 Å². The summed E-state index contributed by atoms with van der Waals surface area (Å²) in [7, 11) is -3.56. The number of rotatable bonds is 7. The second kappa shape index (κ2) is 6.97. The van der Waals surface area contributed by atoms with Crippen molar-refractivity contribution in [3.05, 3.63) is 39.4 Å². The van der Waals surface area contributed by atoms with Gasteiger partial charge in [0.1, 0.15) is 9.20 Å². The Kier molecular flexibility index (Phi) is 5.50. The van der Waals surface area contributed by atoms with Crippen LogP contribution in [0.15, 0.2) is 33.9 Å². The number of sulfonamides is 1. The molecule has 0 amide bonds. The van der Waals surface area contributed by atoms with E-state index in [1.165, 1.54) is 0 Å². The lowest BCUT2D eigenvalue weighted by atomic mass is 10.1. The van der Waals surface area contributed by atoms with Gasteiger partial charge in [-0.25, -0.2) is 13.1 Å². The van der Waals surface area contributed by atoms with Crippen molar-refractivity contribution in [2.75, 3.05) is 0 Å². The van der Waals surface area contributed by atoms with Gasteiger partial charge in [-0.3, -0.25) is 0 Å². The minimum absolute atomic E-state index is 0.199. The summed E-state index contributed by atoms with van der Waals surface area (Å²) in [5.74, 6) is 0. The third kappa shape index (κ3) is 4.10. The summed E-state index contributed by atoms with van der Waals surface area (Å²) in [5.41, 5.74) is 5.52. The first-order valence-corrected chi connectivity index (χ1v) is 9.98. The zero-order valence-electron chi connectivity index (χ0n) is 11.4. The molecule has 0 aliphatic carbocycles. The summed E-state index contributed by atoms with van der Waals surface area (Å²) < 4.78 is 27.9. The van der Waals surface area contributed by atoms with Crippen molar-refractivity contribution in [3.63, 3.8) is 0 Å². The van der Waals surface area contributed by atoms with Gasteiger partial charge in [0, 0.05) is 4.88 Å². The molecule has 114 valence electrons. The smallest absolute Gasteiger partial charge is 0.250 e.